The molecule has 18 heavy (non-hydrogen) atoms. The van der Waals surface area contributed by atoms with Crippen LogP contribution in [0.3, 0.4) is 0 Å². The van der Waals surface area contributed by atoms with Crippen LogP contribution in [-0.2, 0) is 4.79 Å². The molecular weight excluding hydrogens is 250 g/mol. The van der Waals surface area contributed by atoms with E-state index in [-0.39, 0.29) is 17.7 Å². The number of carbonyl (C=O) groups is 1. The van der Waals surface area contributed by atoms with Crippen LogP contribution in [0.2, 0.25) is 5.02 Å². The number of hydrogen-bond acceptors (Lipinski definition) is 3. The van der Waals surface area contributed by atoms with Crippen LogP contribution < -0.4 is 11.1 Å². The number of pyridine rings is 1. The zero-order chi connectivity index (χ0) is 13.0. The summed E-state index contributed by atoms with van der Waals surface area (Å²) in [6, 6.07) is 3.33. The van der Waals surface area contributed by atoms with Gasteiger partial charge in [0, 0.05) is 17.1 Å². The molecule has 0 aliphatic heterocycles. The number of hydrogen-bond donors (Lipinski definition) is 2. The van der Waals surface area contributed by atoms with Crippen molar-refractivity contribution in [2.24, 2.45) is 17.6 Å². The van der Waals surface area contributed by atoms with Gasteiger partial charge in [0.05, 0.1) is 0 Å². The smallest absolute Gasteiger partial charge is 0.228 e. The quantitative estimate of drug-likeness (QED) is 0.884. The zero-order valence-corrected chi connectivity index (χ0v) is 11.0. The van der Waals surface area contributed by atoms with E-state index in [0.717, 1.165) is 19.3 Å². The summed E-state index contributed by atoms with van der Waals surface area (Å²) in [7, 11) is 0. The van der Waals surface area contributed by atoms with Crippen LogP contribution in [0, 0.1) is 11.8 Å². The first-order chi connectivity index (χ1) is 8.70. The number of halogens is 1. The molecule has 1 amide bonds. The number of aromatic nitrogens is 1. The minimum Gasteiger partial charge on any atom is -0.330 e. The summed E-state index contributed by atoms with van der Waals surface area (Å²) in [5.41, 5.74) is 5.73. The fourth-order valence-corrected chi connectivity index (χ4v) is 2.69. The summed E-state index contributed by atoms with van der Waals surface area (Å²) < 4.78 is 0. The topological polar surface area (TPSA) is 68.0 Å². The van der Waals surface area contributed by atoms with E-state index in [2.05, 4.69) is 10.3 Å². The van der Waals surface area contributed by atoms with E-state index in [1.54, 1.807) is 18.3 Å². The highest BCUT2D eigenvalue weighted by Gasteiger charge is 2.30. The van der Waals surface area contributed by atoms with Crippen molar-refractivity contribution in [1.29, 1.82) is 0 Å². The molecule has 1 aliphatic carbocycles. The van der Waals surface area contributed by atoms with E-state index < -0.39 is 0 Å². The van der Waals surface area contributed by atoms with Gasteiger partial charge in [-0.1, -0.05) is 24.4 Å². The van der Waals surface area contributed by atoms with Crippen LogP contribution in [0.1, 0.15) is 25.7 Å². The fourth-order valence-electron chi connectivity index (χ4n) is 2.53. The third-order valence-corrected chi connectivity index (χ3v) is 3.76. The van der Waals surface area contributed by atoms with Crippen LogP contribution in [0.25, 0.3) is 0 Å². The minimum atomic E-state index is 0.00420. The summed E-state index contributed by atoms with van der Waals surface area (Å²) in [5, 5.41) is 3.40. The Kier molecular flexibility index (Phi) is 4.55. The first-order valence-electron chi connectivity index (χ1n) is 6.33. The predicted octanol–water partition coefficient (Wildman–Crippen LogP) is 2.44. The van der Waals surface area contributed by atoms with Crippen LogP contribution in [0.15, 0.2) is 18.3 Å². The van der Waals surface area contributed by atoms with E-state index in [4.69, 9.17) is 17.3 Å². The lowest BCUT2D eigenvalue weighted by Crippen LogP contribution is -2.35. The molecule has 3 N–H and O–H groups in total. The van der Waals surface area contributed by atoms with Gasteiger partial charge in [-0.05, 0) is 37.4 Å². The number of nitrogens with two attached hydrogens (primary N) is 1. The maximum absolute atomic E-state index is 12.2. The van der Waals surface area contributed by atoms with Crippen molar-refractivity contribution >= 4 is 23.3 Å². The van der Waals surface area contributed by atoms with E-state index in [0.29, 0.717) is 17.4 Å². The molecule has 5 heteroatoms. The maximum Gasteiger partial charge on any atom is 0.228 e. The molecule has 1 aromatic heterocycles. The zero-order valence-electron chi connectivity index (χ0n) is 10.2. The molecule has 0 spiro atoms. The highest BCUT2D eigenvalue weighted by molar-refractivity contribution is 6.30. The summed E-state index contributed by atoms with van der Waals surface area (Å²) in [6.45, 7) is 0.570. The Hall–Kier alpha value is -1.13. The van der Waals surface area contributed by atoms with Gasteiger partial charge in [-0.25, -0.2) is 4.98 Å². The summed E-state index contributed by atoms with van der Waals surface area (Å²) in [5.74, 6) is 0.816. The Bertz CT molecular complexity index is 424. The molecule has 0 saturated heterocycles. The van der Waals surface area contributed by atoms with Crippen LogP contribution in [0.4, 0.5) is 5.82 Å². The summed E-state index contributed by atoms with van der Waals surface area (Å²) >= 11 is 5.86. The lowest BCUT2D eigenvalue weighted by Gasteiger charge is -2.29. The number of nitrogens with zero attached hydrogens (tertiary/aromatic N) is 1. The lowest BCUT2D eigenvalue weighted by atomic mass is 9.79. The second-order valence-electron chi connectivity index (χ2n) is 4.74. The average Bonchev–Trinajstić information content (AvgIpc) is 2.38. The molecule has 4 nitrogen and oxygen atoms in total. The maximum atomic E-state index is 12.2. The highest BCUT2D eigenvalue weighted by atomic mass is 35.5. The van der Waals surface area contributed by atoms with Gasteiger partial charge in [0.25, 0.3) is 0 Å². The molecule has 1 saturated carbocycles. The Labute approximate surface area is 112 Å². The Morgan fingerprint density at radius 2 is 2.28 bits per heavy atom. The van der Waals surface area contributed by atoms with Crippen molar-refractivity contribution in [1.82, 2.24) is 4.98 Å². The monoisotopic (exact) mass is 267 g/mol. The minimum absolute atomic E-state index is 0.00420. The fraction of sp³-hybridized carbons (Fsp3) is 0.538. The molecule has 2 rings (SSSR count). The molecule has 1 aromatic rings. The Balaban J connectivity index is 2.02. The highest BCUT2D eigenvalue weighted by Crippen LogP contribution is 2.30. The average molecular weight is 268 g/mol. The van der Waals surface area contributed by atoms with Crippen molar-refractivity contribution in [2.75, 3.05) is 11.9 Å². The van der Waals surface area contributed by atoms with Gasteiger partial charge in [-0.2, -0.15) is 0 Å². The van der Waals surface area contributed by atoms with Crippen molar-refractivity contribution in [2.45, 2.75) is 25.7 Å². The second kappa shape index (κ2) is 6.16. The third kappa shape index (κ3) is 3.21. The Morgan fingerprint density at radius 3 is 3.00 bits per heavy atom. The number of nitrogens with one attached hydrogen (secondary N) is 1. The number of carbonyl (C=O) groups excluding carboxylic acids is 1. The molecule has 0 bridgehead atoms. The third-order valence-electron chi connectivity index (χ3n) is 3.52. The van der Waals surface area contributed by atoms with Crippen LogP contribution in [-0.4, -0.2) is 17.4 Å². The van der Waals surface area contributed by atoms with E-state index in [1.807, 2.05) is 0 Å². The number of anilines is 1. The lowest BCUT2D eigenvalue weighted by molar-refractivity contribution is -0.122. The molecule has 98 valence electrons. The molecule has 2 unspecified atom stereocenters. The first-order valence-corrected chi connectivity index (χ1v) is 6.71. The SMILES string of the molecule is NCC1CCCCC1C(=O)Nc1cc(Cl)ccn1. The molecule has 0 radical (unpaired) electrons. The largest absolute Gasteiger partial charge is 0.330 e. The Morgan fingerprint density at radius 1 is 1.50 bits per heavy atom. The van der Waals surface area contributed by atoms with Gasteiger partial charge in [-0.3, -0.25) is 4.79 Å². The standard InChI is InChI=1S/C13H18ClN3O/c14-10-5-6-16-12(7-10)17-13(18)11-4-2-1-3-9(11)8-15/h5-7,9,11H,1-4,8,15H2,(H,16,17,18). The molecule has 1 aliphatic rings. The van der Waals surface area contributed by atoms with Crippen LogP contribution in [0.5, 0.6) is 0 Å². The van der Waals surface area contributed by atoms with E-state index in [1.165, 1.54) is 6.42 Å². The number of rotatable bonds is 3. The van der Waals surface area contributed by atoms with E-state index >= 15 is 0 Å². The van der Waals surface area contributed by atoms with Gasteiger partial charge in [0.2, 0.25) is 5.91 Å². The normalized spacial score (nSPS) is 23.7. The molecule has 1 fully saturated rings. The van der Waals surface area contributed by atoms with Gasteiger partial charge >= 0.3 is 0 Å². The van der Waals surface area contributed by atoms with Crippen molar-refractivity contribution < 1.29 is 4.79 Å². The van der Waals surface area contributed by atoms with Crippen LogP contribution >= 0.6 is 11.6 Å². The van der Waals surface area contributed by atoms with Crippen molar-refractivity contribution in [3.05, 3.63) is 23.4 Å². The van der Waals surface area contributed by atoms with Gasteiger partial charge in [0.15, 0.2) is 0 Å². The summed E-state index contributed by atoms with van der Waals surface area (Å²) in [6.07, 6.45) is 5.80. The molecule has 0 aromatic carbocycles. The molecule has 1 heterocycles. The van der Waals surface area contributed by atoms with Gasteiger partial charge in [0.1, 0.15) is 5.82 Å². The van der Waals surface area contributed by atoms with E-state index in [9.17, 15) is 4.79 Å². The first kappa shape index (κ1) is 13.3. The van der Waals surface area contributed by atoms with Gasteiger partial charge < -0.3 is 11.1 Å². The molecular formula is C13H18ClN3O. The molecule has 2 atom stereocenters. The van der Waals surface area contributed by atoms with Gasteiger partial charge in [-0.15, -0.1) is 0 Å². The number of amides is 1. The van der Waals surface area contributed by atoms with Crippen molar-refractivity contribution in [3.8, 4) is 0 Å². The summed E-state index contributed by atoms with van der Waals surface area (Å²) in [4.78, 5) is 16.3. The second-order valence-corrected chi connectivity index (χ2v) is 5.17. The van der Waals surface area contributed by atoms with Crippen molar-refractivity contribution in [3.63, 3.8) is 0 Å². The predicted molar refractivity (Wildman–Crippen MR) is 72.4 cm³/mol.